The summed E-state index contributed by atoms with van der Waals surface area (Å²) in [5.74, 6) is 0. The minimum atomic E-state index is -0.564. The van der Waals surface area contributed by atoms with Crippen molar-refractivity contribution in [3.8, 4) is 0 Å². The molecule has 1 unspecified atom stereocenters. The lowest BCUT2D eigenvalue weighted by Gasteiger charge is -2.29. The van der Waals surface area contributed by atoms with Crippen LogP contribution in [0.2, 0.25) is 0 Å². The third-order valence-corrected chi connectivity index (χ3v) is 6.34. The molecule has 0 aliphatic carbocycles. The second kappa shape index (κ2) is 14.1. The molecule has 5 nitrogen and oxygen atoms in total. The van der Waals surface area contributed by atoms with Gasteiger partial charge in [0.05, 0.1) is 25.9 Å². The molecule has 3 aromatic carbocycles. The van der Waals surface area contributed by atoms with E-state index in [9.17, 15) is 0 Å². The van der Waals surface area contributed by atoms with Crippen molar-refractivity contribution in [2.45, 2.75) is 63.4 Å². The van der Waals surface area contributed by atoms with Crippen LogP contribution in [0.4, 0.5) is 0 Å². The first kappa shape index (κ1) is 26.3. The fourth-order valence-corrected chi connectivity index (χ4v) is 4.44. The number of hydrogen-bond acceptors (Lipinski definition) is 5. The Morgan fingerprint density at radius 3 is 1.75 bits per heavy atom. The van der Waals surface area contributed by atoms with Crippen molar-refractivity contribution in [2.75, 3.05) is 7.11 Å². The molecule has 0 aromatic heterocycles. The van der Waals surface area contributed by atoms with Gasteiger partial charge in [-0.3, -0.25) is 0 Å². The van der Waals surface area contributed by atoms with Crippen LogP contribution in [0.25, 0.3) is 0 Å². The fraction of sp³-hybridized carbons (Fsp3) is 0.355. The molecule has 0 spiro atoms. The van der Waals surface area contributed by atoms with E-state index in [1.165, 1.54) is 0 Å². The predicted molar refractivity (Wildman–Crippen MR) is 140 cm³/mol. The van der Waals surface area contributed by atoms with Crippen LogP contribution in [0.5, 0.6) is 0 Å². The largest absolute Gasteiger partial charge is 0.371 e. The van der Waals surface area contributed by atoms with E-state index in [1.807, 2.05) is 72.8 Å². The predicted octanol–water partition coefficient (Wildman–Crippen LogP) is 6.08. The fourth-order valence-electron chi connectivity index (χ4n) is 4.44. The van der Waals surface area contributed by atoms with Crippen molar-refractivity contribution in [1.82, 2.24) is 0 Å². The topological polar surface area (TPSA) is 46.2 Å². The molecule has 0 bridgehead atoms. The summed E-state index contributed by atoms with van der Waals surface area (Å²) in [4.78, 5) is 0. The molecular weight excluding hydrogens is 452 g/mol. The van der Waals surface area contributed by atoms with Gasteiger partial charge >= 0.3 is 0 Å². The normalized spacial score (nSPS) is 22.4. The van der Waals surface area contributed by atoms with Crippen LogP contribution >= 0.6 is 0 Å². The minimum Gasteiger partial charge on any atom is -0.371 e. The Kier molecular flexibility index (Phi) is 10.3. The molecule has 1 saturated heterocycles. The SMILES string of the molecule is C=CCC[C@H](OCc1ccccc1)[C@H]1OC(OC)[C@H](OCc2ccccc2)[C@@H]1OCc1ccccc1. The van der Waals surface area contributed by atoms with E-state index in [0.29, 0.717) is 19.8 Å². The zero-order valence-corrected chi connectivity index (χ0v) is 20.9. The average Bonchev–Trinajstić information content (AvgIpc) is 3.29. The summed E-state index contributed by atoms with van der Waals surface area (Å²) in [6, 6.07) is 30.4. The molecule has 1 aliphatic heterocycles. The van der Waals surface area contributed by atoms with Crippen LogP contribution in [-0.2, 0) is 43.5 Å². The maximum absolute atomic E-state index is 6.51. The second-order valence-electron chi connectivity index (χ2n) is 8.93. The van der Waals surface area contributed by atoms with Crippen molar-refractivity contribution >= 4 is 0 Å². The van der Waals surface area contributed by atoms with E-state index < -0.39 is 12.4 Å². The molecule has 5 heteroatoms. The van der Waals surface area contributed by atoms with E-state index in [-0.39, 0.29) is 18.3 Å². The summed E-state index contributed by atoms with van der Waals surface area (Å²) < 4.78 is 31.5. The molecule has 1 aliphatic rings. The van der Waals surface area contributed by atoms with Crippen molar-refractivity contribution in [2.24, 2.45) is 0 Å². The Morgan fingerprint density at radius 2 is 1.25 bits per heavy atom. The van der Waals surface area contributed by atoms with E-state index in [4.69, 9.17) is 23.7 Å². The maximum atomic E-state index is 6.51. The number of hydrogen-bond donors (Lipinski definition) is 0. The van der Waals surface area contributed by atoms with Crippen LogP contribution in [0, 0.1) is 0 Å². The summed E-state index contributed by atoms with van der Waals surface area (Å²) in [5.41, 5.74) is 3.29. The van der Waals surface area contributed by atoms with Gasteiger partial charge in [-0.1, -0.05) is 97.1 Å². The van der Waals surface area contributed by atoms with Crippen molar-refractivity contribution in [3.63, 3.8) is 0 Å². The summed E-state index contributed by atoms with van der Waals surface area (Å²) in [6.45, 7) is 5.28. The summed E-state index contributed by atoms with van der Waals surface area (Å²) in [5, 5.41) is 0. The third kappa shape index (κ3) is 7.36. The minimum absolute atomic E-state index is 0.216. The van der Waals surface area contributed by atoms with Gasteiger partial charge in [-0.05, 0) is 29.5 Å². The molecule has 4 rings (SSSR count). The van der Waals surface area contributed by atoms with Gasteiger partial charge in [-0.2, -0.15) is 0 Å². The van der Waals surface area contributed by atoms with Crippen molar-refractivity contribution in [1.29, 1.82) is 0 Å². The number of rotatable bonds is 14. The highest BCUT2D eigenvalue weighted by Gasteiger charge is 2.50. The van der Waals surface area contributed by atoms with Gasteiger partial charge in [-0.25, -0.2) is 0 Å². The van der Waals surface area contributed by atoms with Gasteiger partial charge in [-0.15, -0.1) is 6.58 Å². The highest BCUT2D eigenvalue weighted by atomic mass is 16.7. The van der Waals surface area contributed by atoms with E-state index >= 15 is 0 Å². The van der Waals surface area contributed by atoms with Crippen molar-refractivity contribution in [3.05, 3.63) is 120 Å². The molecule has 190 valence electrons. The lowest BCUT2D eigenvalue weighted by molar-refractivity contribution is -0.181. The lowest BCUT2D eigenvalue weighted by Crippen LogP contribution is -2.43. The highest BCUT2D eigenvalue weighted by molar-refractivity contribution is 5.15. The first-order valence-corrected chi connectivity index (χ1v) is 12.5. The summed E-state index contributed by atoms with van der Waals surface area (Å²) in [7, 11) is 1.64. The molecule has 0 N–H and O–H groups in total. The van der Waals surface area contributed by atoms with Crippen LogP contribution in [0.3, 0.4) is 0 Å². The number of methoxy groups -OCH3 is 1. The van der Waals surface area contributed by atoms with Crippen LogP contribution < -0.4 is 0 Å². The van der Waals surface area contributed by atoms with Gasteiger partial charge < -0.3 is 23.7 Å². The molecule has 0 radical (unpaired) electrons. The smallest absolute Gasteiger partial charge is 0.186 e. The second-order valence-corrected chi connectivity index (χ2v) is 8.93. The Labute approximate surface area is 214 Å². The zero-order valence-electron chi connectivity index (χ0n) is 20.9. The summed E-state index contributed by atoms with van der Waals surface area (Å²) in [6.07, 6.45) is 1.55. The van der Waals surface area contributed by atoms with E-state index in [0.717, 1.165) is 29.5 Å². The quantitative estimate of drug-likeness (QED) is 0.257. The third-order valence-electron chi connectivity index (χ3n) is 6.34. The first-order chi connectivity index (χ1) is 17.8. The Morgan fingerprint density at radius 1 is 0.750 bits per heavy atom. The van der Waals surface area contributed by atoms with E-state index in [1.54, 1.807) is 7.11 Å². The number of allylic oxidation sites excluding steroid dienone is 1. The molecule has 5 atom stereocenters. The highest BCUT2D eigenvalue weighted by Crippen LogP contribution is 2.33. The van der Waals surface area contributed by atoms with Gasteiger partial charge in [0, 0.05) is 7.11 Å². The number of ether oxygens (including phenoxy) is 5. The van der Waals surface area contributed by atoms with Crippen LogP contribution in [0.15, 0.2) is 104 Å². The van der Waals surface area contributed by atoms with Gasteiger partial charge in [0.15, 0.2) is 6.29 Å². The van der Waals surface area contributed by atoms with Gasteiger partial charge in [0.2, 0.25) is 0 Å². The standard InChI is InChI=1S/C31H36O5/c1-3-4-20-27(33-21-24-14-8-5-9-15-24)28-29(34-22-25-16-10-6-11-17-25)30(31(32-2)36-28)35-23-26-18-12-7-13-19-26/h3,5-19,27-31H,1,4,20-23H2,2H3/t27-,28+,29+,30+,31?/m0/s1. The monoisotopic (exact) mass is 488 g/mol. The van der Waals surface area contributed by atoms with Crippen LogP contribution in [0.1, 0.15) is 29.5 Å². The Bertz CT molecular complexity index is 1010. The van der Waals surface area contributed by atoms with Crippen LogP contribution in [-0.4, -0.2) is 37.8 Å². The summed E-state index contributed by atoms with van der Waals surface area (Å²) >= 11 is 0. The first-order valence-electron chi connectivity index (χ1n) is 12.5. The average molecular weight is 489 g/mol. The van der Waals surface area contributed by atoms with Gasteiger partial charge in [0.25, 0.3) is 0 Å². The van der Waals surface area contributed by atoms with E-state index in [2.05, 4.69) is 30.8 Å². The Hall–Kier alpha value is -2.80. The lowest BCUT2D eigenvalue weighted by atomic mass is 10.0. The van der Waals surface area contributed by atoms with Gasteiger partial charge in [0.1, 0.15) is 18.3 Å². The molecule has 1 heterocycles. The molecule has 1 fully saturated rings. The number of benzene rings is 3. The maximum Gasteiger partial charge on any atom is 0.186 e. The molecule has 3 aromatic rings. The Balaban J connectivity index is 1.54. The molecule has 0 saturated carbocycles. The molecule has 36 heavy (non-hydrogen) atoms. The molecular formula is C31H36O5. The molecule has 0 amide bonds. The zero-order chi connectivity index (χ0) is 25.0. The van der Waals surface area contributed by atoms with Crippen molar-refractivity contribution < 1.29 is 23.7 Å².